The monoisotopic (exact) mass is 462 g/mol. The minimum atomic E-state index is -3.27. The molecule has 0 bridgehead atoms. The Balaban J connectivity index is 1.64. The fourth-order valence-corrected chi connectivity index (χ4v) is 4.98. The SMILES string of the molecule is C[C@H]1CCCn2c1nc(-c1ccc(F)cn1)c2-c1ccnc(-c2ccc(S(C)(=O)=O)cc2)c1. The van der Waals surface area contributed by atoms with E-state index in [1.165, 1.54) is 18.5 Å². The summed E-state index contributed by atoms with van der Waals surface area (Å²) in [6.45, 7) is 3.02. The summed E-state index contributed by atoms with van der Waals surface area (Å²) < 4.78 is 39.3. The van der Waals surface area contributed by atoms with E-state index >= 15 is 0 Å². The Kier molecular flexibility index (Phi) is 5.32. The normalized spacial score (nSPS) is 15.9. The molecule has 0 radical (unpaired) electrons. The molecule has 0 aliphatic carbocycles. The number of hydrogen-bond acceptors (Lipinski definition) is 5. The second-order valence-electron chi connectivity index (χ2n) is 8.45. The molecule has 4 aromatic rings. The molecule has 6 nitrogen and oxygen atoms in total. The summed E-state index contributed by atoms with van der Waals surface area (Å²) in [5, 5.41) is 0. The number of fused-ring (bicyclic) bond motifs is 1. The highest BCUT2D eigenvalue weighted by Gasteiger charge is 2.26. The maximum absolute atomic E-state index is 13.5. The van der Waals surface area contributed by atoms with Gasteiger partial charge in [0, 0.05) is 36.0 Å². The summed E-state index contributed by atoms with van der Waals surface area (Å²) in [6, 6.07) is 13.7. The molecule has 0 amide bonds. The Bertz CT molecular complexity index is 1430. The third-order valence-corrected chi connectivity index (χ3v) is 7.17. The lowest BCUT2D eigenvalue weighted by Crippen LogP contribution is -2.14. The molecule has 0 unspecified atom stereocenters. The molecule has 0 fully saturated rings. The van der Waals surface area contributed by atoms with Crippen molar-refractivity contribution in [3.63, 3.8) is 0 Å². The molecular weight excluding hydrogens is 439 g/mol. The number of halogens is 1. The van der Waals surface area contributed by atoms with Crippen LogP contribution in [0.15, 0.2) is 65.8 Å². The molecule has 3 aromatic heterocycles. The standard InChI is InChI=1S/C25H23FN4O2S/c1-16-4-3-13-30-24(23(29-25(16)30)21-10-7-19(26)15-28-21)18-11-12-27-22(14-18)17-5-8-20(9-6-17)33(2,31)32/h5-12,14-16H,3-4,13H2,1-2H3/t16-/m0/s1. The van der Waals surface area contributed by atoms with Gasteiger partial charge in [-0.25, -0.2) is 17.8 Å². The number of pyridine rings is 2. The fraction of sp³-hybridized carbons (Fsp3) is 0.240. The van der Waals surface area contributed by atoms with Crippen LogP contribution in [0.2, 0.25) is 0 Å². The van der Waals surface area contributed by atoms with Gasteiger partial charge in [-0.05, 0) is 49.2 Å². The number of sulfone groups is 1. The Morgan fingerprint density at radius 2 is 1.79 bits per heavy atom. The number of hydrogen-bond donors (Lipinski definition) is 0. The second-order valence-corrected chi connectivity index (χ2v) is 10.5. The van der Waals surface area contributed by atoms with Crippen LogP contribution in [0.25, 0.3) is 33.9 Å². The van der Waals surface area contributed by atoms with E-state index in [2.05, 4.69) is 21.5 Å². The average molecular weight is 463 g/mol. The van der Waals surface area contributed by atoms with E-state index in [1.807, 2.05) is 12.1 Å². The van der Waals surface area contributed by atoms with Crippen molar-refractivity contribution in [1.82, 2.24) is 19.5 Å². The Morgan fingerprint density at radius 3 is 2.48 bits per heavy atom. The lowest BCUT2D eigenvalue weighted by atomic mass is 10.0. The number of rotatable bonds is 4. The van der Waals surface area contributed by atoms with Gasteiger partial charge in [-0.3, -0.25) is 9.97 Å². The Morgan fingerprint density at radius 1 is 1.00 bits per heavy atom. The number of imidazole rings is 1. The van der Waals surface area contributed by atoms with Crippen LogP contribution in [0.1, 0.15) is 31.5 Å². The van der Waals surface area contributed by atoms with Crippen LogP contribution in [-0.2, 0) is 16.4 Å². The van der Waals surface area contributed by atoms with E-state index in [0.29, 0.717) is 11.6 Å². The van der Waals surface area contributed by atoms with E-state index in [1.54, 1.807) is 36.5 Å². The fourth-order valence-electron chi connectivity index (χ4n) is 4.35. The minimum absolute atomic E-state index is 0.269. The van der Waals surface area contributed by atoms with Gasteiger partial charge in [0.1, 0.15) is 17.3 Å². The van der Waals surface area contributed by atoms with Crippen LogP contribution >= 0.6 is 0 Å². The smallest absolute Gasteiger partial charge is 0.175 e. The number of nitrogens with zero attached hydrogens (tertiary/aromatic N) is 4. The van der Waals surface area contributed by atoms with E-state index in [0.717, 1.165) is 53.4 Å². The zero-order chi connectivity index (χ0) is 23.2. The van der Waals surface area contributed by atoms with Crippen molar-refractivity contribution in [3.8, 4) is 33.9 Å². The molecule has 1 aromatic carbocycles. The molecule has 0 N–H and O–H groups in total. The quantitative estimate of drug-likeness (QED) is 0.421. The maximum atomic E-state index is 13.5. The predicted molar refractivity (Wildman–Crippen MR) is 125 cm³/mol. The van der Waals surface area contributed by atoms with Crippen LogP contribution in [-0.4, -0.2) is 34.2 Å². The number of aromatic nitrogens is 4. The van der Waals surface area contributed by atoms with Crippen molar-refractivity contribution in [2.24, 2.45) is 0 Å². The van der Waals surface area contributed by atoms with E-state index in [4.69, 9.17) is 4.98 Å². The molecule has 1 atom stereocenters. The van der Waals surface area contributed by atoms with Crippen molar-refractivity contribution < 1.29 is 12.8 Å². The van der Waals surface area contributed by atoms with Gasteiger partial charge in [-0.2, -0.15) is 0 Å². The Labute approximate surface area is 192 Å². The molecule has 1 aliphatic rings. The van der Waals surface area contributed by atoms with Crippen molar-refractivity contribution in [2.45, 2.75) is 37.1 Å². The van der Waals surface area contributed by atoms with E-state index in [9.17, 15) is 12.8 Å². The minimum Gasteiger partial charge on any atom is -0.327 e. The summed E-state index contributed by atoms with van der Waals surface area (Å²) in [7, 11) is -3.27. The lowest BCUT2D eigenvalue weighted by Gasteiger charge is -2.22. The first kappa shape index (κ1) is 21.5. The van der Waals surface area contributed by atoms with Crippen LogP contribution in [0, 0.1) is 5.82 Å². The molecule has 168 valence electrons. The van der Waals surface area contributed by atoms with Gasteiger partial charge in [-0.1, -0.05) is 19.1 Å². The number of benzene rings is 1. The average Bonchev–Trinajstić information content (AvgIpc) is 3.20. The highest BCUT2D eigenvalue weighted by atomic mass is 32.2. The van der Waals surface area contributed by atoms with Gasteiger partial charge in [0.2, 0.25) is 0 Å². The zero-order valence-electron chi connectivity index (χ0n) is 18.4. The summed E-state index contributed by atoms with van der Waals surface area (Å²) in [4.78, 5) is 14.0. The molecule has 5 rings (SSSR count). The van der Waals surface area contributed by atoms with Crippen LogP contribution in [0.4, 0.5) is 4.39 Å². The topological polar surface area (TPSA) is 77.7 Å². The summed E-state index contributed by atoms with van der Waals surface area (Å²) >= 11 is 0. The van der Waals surface area contributed by atoms with Crippen LogP contribution in [0.5, 0.6) is 0 Å². The molecule has 4 heterocycles. The molecule has 8 heteroatoms. The van der Waals surface area contributed by atoms with Gasteiger partial charge in [0.25, 0.3) is 0 Å². The first-order valence-corrected chi connectivity index (χ1v) is 12.7. The summed E-state index contributed by atoms with van der Waals surface area (Å²) in [5.41, 5.74) is 4.76. The third kappa shape index (κ3) is 4.06. The van der Waals surface area contributed by atoms with Crippen molar-refractivity contribution in [1.29, 1.82) is 0 Å². The van der Waals surface area contributed by atoms with Crippen molar-refractivity contribution in [2.75, 3.05) is 6.26 Å². The van der Waals surface area contributed by atoms with Crippen LogP contribution in [0.3, 0.4) is 0 Å². The summed E-state index contributed by atoms with van der Waals surface area (Å²) in [6.07, 6.45) is 6.26. The molecule has 1 aliphatic heterocycles. The van der Waals surface area contributed by atoms with Gasteiger partial charge >= 0.3 is 0 Å². The molecular formula is C25H23FN4O2S. The van der Waals surface area contributed by atoms with Crippen molar-refractivity contribution >= 4 is 9.84 Å². The molecule has 0 spiro atoms. The van der Waals surface area contributed by atoms with Crippen LogP contribution < -0.4 is 0 Å². The largest absolute Gasteiger partial charge is 0.327 e. The first-order valence-electron chi connectivity index (χ1n) is 10.8. The first-order chi connectivity index (χ1) is 15.8. The van der Waals surface area contributed by atoms with Gasteiger partial charge in [-0.15, -0.1) is 0 Å². The highest BCUT2D eigenvalue weighted by molar-refractivity contribution is 7.90. The predicted octanol–water partition coefficient (Wildman–Crippen LogP) is 5.11. The molecule has 0 saturated carbocycles. The molecule has 33 heavy (non-hydrogen) atoms. The van der Waals surface area contributed by atoms with E-state index < -0.39 is 9.84 Å². The summed E-state index contributed by atoms with van der Waals surface area (Å²) in [5.74, 6) is 0.936. The highest BCUT2D eigenvalue weighted by Crippen LogP contribution is 2.38. The van der Waals surface area contributed by atoms with Crippen molar-refractivity contribution in [3.05, 3.63) is 72.6 Å². The van der Waals surface area contributed by atoms with E-state index in [-0.39, 0.29) is 10.7 Å². The van der Waals surface area contributed by atoms with Gasteiger partial charge in [0.05, 0.1) is 28.2 Å². The second kappa shape index (κ2) is 8.19. The molecule has 0 saturated heterocycles. The zero-order valence-corrected chi connectivity index (χ0v) is 19.2. The third-order valence-electron chi connectivity index (χ3n) is 6.04. The lowest BCUT2D eigenvalue weighted by molar-refractivity contribution is 0.466. The maximum Gasteiger partial charge on any atom is 0.175 e. The van der Waals surface area contributed by atoms with Gasteiger partial charge < -0.3 is 4.57 Å². The van der Waals surface area contributed by atoms with Gasteiger partial charge in [0.15, 0.2) is 9.84 Å². The Hall–Kier alpha value is -3.39.